The maximum atomic E-state index is 6.02. The highest BCUT2D eigenvalue weighted by atomic mass is 16.3. The van der Waals surface area contributed by atoms with E-state index in [2.05, 4.69) is 55.1 Å². The molecule has 1 unspecified atom stereocenters. The van der Waals surface area contributed by atoms with Crippen LogP contribution >= 0.6 is 0 Å². The van der Waals surface area contributed by atoms with Gasteiger partial charge in [-0.3, -0.25) is 0 Å². The Morgan fingerprint density at radius 3 is 2.95 bits per heavy atom. The molecule has 0 radical (unpaired) electrons. The number of para-hydroxylation sites is 1. The van der Waals surface area contributed by atoms with Gasteiger partial charge in [0.25, 0.3) is 0 Å². The fraction of sp³-hybridized carbons (Fsp3) is 0.278. The second kappa shape index (κ2) is 4.62. The van der Waals surface area contributed by atoms with Crippen LogP contribution in [0.2, 0.25) is 0 Å². The number of hydrogen-bond donors (Lipinski definition) is 0. The first-order chi connectivity index (χ1) is 10.3. The van der Waals surface area contributed by atoms with Gasteiger partial charge in [-0.2, -0.15) is 0 Å². The van der Waals surface area contributed by atoms with E-state index in [9.17, 15) is 0 Å². The summed E-state index contributed by atoms with van der Waals surface area (Å²) in [6.45, 7) is 5.22. The first-order valence-corrected chi connectivity index (χ1v) is 7.48. The smallest absolute Gasteiger partial charge is 0.218 e. The van der Waals surface area contributed by atoms with Gasteiger partial charge in [0.05, 0.1) is 0 Å². The van der Waals surface area contributed by atoms with Gasteiger partial charge >= 0.3 is 0 Å². The number of anilines is 1. The molecule has 3 nitrogen and oxygen atoms in total. The lowest BCUT2D eigenvalue weighted by atomic mass is 10.1. The van der Waals surface area contributed by atoms with Gasteiger partial charge in [-0.15, -0.1) is 0 Å². The molecule has 0 fully saturated rings. The molecule has 0 aliphatic carbocycles. The Hall–Kier alpha value is -2.29. The summed E-state index contributed by atoms with van der Waals surface area (Å²) in [5.74, 6) is 0.827. The fourth-order valence-electron chi connectivity index (χ4n) is 3.26. The van der Waals surface area contributed by atoms with Crippen molar-refractivity contribution in [3.63, 3.8) is 0 Å². The second-order valence-electron chi connectivity index (χ2n) is 5.66. The molecule has 3 heteroatoms. The Morgan fingerprint density at radius 2 is 2.10 bits per heavy atom. The number of nitrogens with zero attached hydrogens (tertiary/aromatic N) is 2. The Balaban J connectivity index is 1.78. The van der Waals surface area contributed by atoms with Crippen LogP contribution in [0.15, 0.2) is 46.9 Å². The van der Waals surface area contributed by atoms with E-state index in [1.807, 2.05) is 6.07 Å². The van der Waals surface area contributed by atoms with Crippen LogP contribution in [-0.4, -0.2) is 11.5 Å². The number of aryl methyl sites for hydroxylation is 1. The first kappa shape index (κ1) is 12.5. The average molecular weight is 278 g/mol. The summed E-state index contributed by atoms with van der Waals surface area (Å²) >= 11 is 0. The lowest BCUT2D eigenvalue weighted by molar-refractivity contribution is 0.467. The minimum Gasteiger partial charge on any atom is -0.438 e. The second-order valence-corrected chi connectivity index (χ2v) is 5.66. The predicted molar refractivity (Wildman–Crippen MR) is 84.7 cm³/mol. The van der Waals surface area contributed by atoms with Crippen LogP contribution in [0.4, 0.5) is 5.69 Å². The van der Waals surface area contributed by atoms with Crippen LogP contribution in [0.3, 0.4) is 0 Å². The van der Waals surface area contributed by atoms with Crippen molar-refractivity contribution >= 4 is 16.8 Å². The maximum Gasteiger partial charge on any atom is 0.218 e. The molecular formula is C18H18N2O. The molecular weight excluding hydrogens is 260 g/mol. The monoisotopic (exact) mass is 278 g/mol. The average Bonchev–Trinajstić information content (AvgIpc) is 3.06. The van der Waals surface area contributed by atoms with Gasteiger partial charge in [0.15, 0.2) is 5.58 Å². The third kappa shape index (κ3) is 1.92. The zero-order valence-corrected chi connectivity index (χ0v) is 12.3. The van der Waals surface area contributed by atoms with Crippen molar-refractivity contribution in [2.75, 3.05) is 11.4 Å². The molecule has 0 saturated heterocycles. The minimum absolute atomic E-state index is 0.208. The third-order valence-corrected chi connectivity index (χ3v) is 4.28. The van der Waals surface area contributed by atoms with E-state index in [0.29, 0.717) is 0 Å². The van der Waals surface area contributed by atoms with E-state index in [1.54, 1.807) is 0 Å². The third-order valence-electron chi connectivity index (χ3n) is 4.28. The SMILES string of the molecule is CCN1c2ccccc2CC1c1nc2cc(C)ccc2o1. The fourth-order valence-corrected chi connectivity index (χ4v) is 3.26. The summed E-state index contributed by atoms with van der Waals surface area (Å²) in [6, 6.07) is 15.0. The standard InChI is InChI=1S/C18H18N2O/c1-3-20-15-7-5-4-6-13(15)11-16(20)18-19-14-10-12(2)8-9-17(14)21-18/h4-10,16H,3,11H2,1-2H3. The molecule has 21 heavy (non-hydrogen) atoms. The molecule has 2 heterocycles. The molecule has 4 rings (SSSR count). The van der Waals surface area contributed by atoms with Crippen molar-refractivity contribution in [3.8, 4) is 0 Å². The van der Waals surface area contributed by atoms with Gasteiger partial charge in [-0.05, 0) is 43.2 Å². The van der Waals surface area contributed by atoms with Crippen molar-refractivity contribution in [2.24, 2.45) is 0 Å². The van der Waals surface area contributed by atoms with E-state index < -0.39 is 0 Å². The first-order valence-electron chi connectivity index (χ1n) is 7.48. The molecule has 0 spiro atoms. The predicted octanol–water partition coefficient (Wildman–Crippen LogP) is 4.26. The van der Waals surface area contributed by atoms with E-state index >= 15 is 0 Å². The van der Waals surface area contributed by atoms with Crippen molar-refractivity contribution in [3.05, 3.63) is 59.5 Å². The zero-order chi connectivity index (χ0) is 14.4. The Bertz CT molecular complexity index is 806. The molecule has 0 amide bonds. The van der Waals surface area contributed by atoms with Gasteiger partial charge < -0.3 is 9.32 Å². The van der Waals surface area contributed by atoms with Gasteiger partial charge in [-0.1, -0.05) is 24.3 Å². The molecule has 1 aliphatic heterocycles. The number of aromatic nitrogens is 1. The number of rotatable bonds is 2. The van der Waals surface area contributed by atoms with Crippen molar-refractivity contribution in [1.29, 1.82) is 0 Å². The van der Waals surface area contributed by atoms with E-state index in [1.165, 1.54) is 16.8 Å². The molecule has 3 aromatic rings. The molecule has 1 aliphatic rings. The number of fused-ring (bicyclic) bond motifs is 2. The quantitative estimate of drug-likeness (QED) is 0.701. The molecule has 2 aromatic carbocycles. The van der Waals surface area contributed by atoms with Crippen molar-refractivity contribution < 1.29 is 4.42 Å². The molecule has 0 bridgehead atoms. The lowest BCUT2D eigenvalue weighted by Gasteiger charge is -2.23. The largest absolute Gasteiger partial charge is 0.438 e. The van der Waals surface area contributed by atoms with Gasteiger partial charge in [-0.25, -0.2) is 4.98 Å². The minimum atomic E-state index is 0.208. The van der Waals surface area contributed by atoms with Gasteiger partial charge in [0, 0.05) is 18.7 Å². The van der Waals surface area contributed by atoms with E-state index in [0.717, 1.165) is 30.0 Å². The maximum absolute atomic E-state index is 6.02. The summed E-state index contributed by atoms with van der Waals surface area (Å²) in [7, 11) is 0. The lowest BCUT2D eigenvalue weighted by Crippen LogP contribution is -2.24. The highest BCUT2D eigenvalue weighted by Crippen LogP contribution is 2.40. The van der Waals surface area contributed by atoms with Gasteiger partial charge in [0.1, 0.15) is 11.6 Å². The van der Waals surface area contributed by atoms with Crippen LogP contribution < -0.4 is 4.90 Å². The molecule has 1 atom stereocenters. The van der Waals surface area contributed by atoms with Crippen LogP contribution in [0.25, 0.3) is 11.1 Å². The highest BCUT2D eigenvalue weighted by Gasteiger charge is 2.32. The summed E-state index contributed by atoms with van der Waals surface area (Å²) in [5.41, 5.74) is 5.73. The number of oxazole rings is 1. The Labute approximate surface area is 124 Å². The zero-order valence-electron chi connectivity index (χ0n) is 12.3. The molecule has 1 aromatic heterocycles. The van der Waals surface area contributed by atoms with Gasteiger partial charge in [0.2, 0.25) is 5.89 Å². The number of hydrogen-bond acceptors (Lipinski definition) is 3. The summed E-state index contributed by atoms with van der Waals surface area (Å²) < 4.78 is 6.02. The molecule has 0 N–H and O–H groups in total. The van der Waals surface area contributed by atoms with Crippen molar-refractivity contribution in [1.82, 2.24) is 4.98 Å². The van der Waals surface area contributed by atoms with E-state index in [-0.39, 0.29) is 6.04 Å². The van der Waals surface area contributed by atoms with Crippen molar-refractivity contribution in [2.45, 2.75) is 26.3 Å². The van der Waals surface area contributed by atoms with Crippen LogP contribution in [0.1, 0.15) is 30.0 Å². The number of likely N-dealkylation sites (N-methyl/N-ethyl adjacent to an activating group) is 1. The van der Waals surface area contributed by atoms with Crippen LogP contribution in [-0.2, 0) is 6.42 Å². The van der Waals surface area contributed by atoms with E-state index in [4.69, 9.17) is 9.40 Å². The normalized spacial score (nSPS) is 17.4. The highest BCUT2D eigenvalue weighted by molar-refractivity contribution is 5.73. The summed E-state index contributed by atoms with van der Waals surface area (Å²) in [6.07, 6.45) is 0.968. The topological polar surface area (TPSA) is 29.3 Å². The summed E-state index contributed by atoms with van der Waals surface area (Å²) in [5, 5.41) is 0. The van der Waals surface area contributed by atoms with Crippen LogP contribution in [0, 0.1) is 6.92 Å². The number of benzene rings is 2. The molecule has 0 saturated carbocycles. The summed E-state index contributed by atoms with van der Waals surface area (Å²) in [4.78, 5) is 7.11. The van der Waals surface area contributed by atoms with Crippen LogP contribution in [0.5, 0.6) is 0 Å². The Kier molecular flexibility index (Phi) is 2.74. The molecule has 106 valence electrons. The Morgan fingerprint density at radius 1 is 1.24 bits per heavy atom.